The van der Waals surface area contributed by atoms with Crippen molar-refractivity contribution in [2.45, 2.75) is 50.5 Å². The van der Waals surface area contributed by atoms with Crippen LogP contribution in [0.2, 0.25) is 0 Å². The molecule has 1 saturated carbocycles. The van der Waals surface area contributed by atoms with Gasteiger partial charge in [0.25, 0.3) is 0 Å². The van der Waals surface area contributed by atoms with Gasteiger partial charge in [-0.3, -0.25) is 0 Å². The van der Waals surface area contributed by atoms with Crippen LogP contribution in [0.4, 0.5) is 17.6 Å². The van der Waals surface area contributed by atoms with Crippen molar-refractivity contribution in [3.63, 3.8) is 0 Å². The lowest BCUT2D eigenvalue weighted by Gasteiger charge is -2.38. The van der Waals surface area contributed by atoms with Gasteiger partial charge in [-0.2, -0.15) is 13.2 Å². The Morgan fingerprint density at radius 2 is 1.81 bits per heavy atom. The highest BCUT2D eigenvalue weighted by Crippen LogP contribution is 2.41. The highest BCUT2D eigenvalue weighted by atomic mass is 19.4. The molecule has 1 atom stereocenters. The molecule has 0 bridgehead atoms. The number of rotatable bonds is 2. The summed E-state index contributed by atoms with van der Waals surface area (Å²) in [5, 5.41) is 20.7. The SMILES string of the molecule is CC1CCC(O)(C(O)c2ccc(F)c(C(F)(F)F)c2)CC1. The molecule has 0 spiro atoms. The molecule has 2 nitrogen and oxygen atoms in total. The number of alkyl halides is 3. The Morgan fingerprint density at radius 1 is 1.24 bits per heavy atom. The molecular weight excluding hydrogens is 288 g/mol. The van der Waals surface area contributed by atoms with Crippen LogP contribution >= 0.6 is 0 Å². The summed E-state index contributed by atoms with van der Waals surface area (Å²) in [4.78, 5) is 0. The molecule has 1 aliphatic rings. The molecular formula is C15H18F4O2. The van der Waals surface area contributed by atoms with Gasteiger partial charge in [-0.05, 0) is 49.3 Å². The Kier molecular flexibility index (Phi) is 4.31. The molecule has 1 fully saturated rings. The summed E-state index contributed by atoms with van der Waals surface area (Å²) in [5.41, 5.74) is -2.99. The third-order valence-corrected chi connectivity index (χ3v) is 4.26. The van der Waals surface area contributed by atoms with Crippen LogP contribution in [0.15, 0.2) is 18.2 Å². The zero-order valence-electron chi connectivity index (χ0n) is 11.6. The molecule has 1 unspecified atom stereocenters. The van der Waals surface area contributed by atoms with E-state index in [4.69, 9.17) is 0 Å². The summed E-state index contributed by atoms with van der Waals surface area (Å²) in [6.45, 7) is 2.02. The highest BCUT2D eigenvalue weighted by Gasteiger charge is 2.41. The summed E-state index contributed by atoms with van der Waals surface area (Å²) >= 11 is 0. The van der Waals surface area contributed by atoms with E-state index in [0.29, 0.717) is 43.7 Å². The van der Waals surface area contributed by atoms with Crippen molar-refractivity contribution in [2.75, 3.05) is 0 Å². The van der Waals surface area contributed by atoms with Crippen LogP contribution in [0.1, 0.15) is 49.8 Å². The fourth-order valence-corrected chi connectivity index (χ4v) is 2.78. The van der Waals surface area contributed by atoms with E-state index < -0.39 is 29.3 Å². The Morgan fingerprint density at radius 3 is 2.33 bits per heavy atom. The van der Waals surface area contributed by atoms with Gasteiger partial charge in [-0.25, -0.2) is 4.39 Å². The van der Waals surface area contributed by atoms with Gasteiger partial charge in [0.2, 0.25) is 0 Å². The zero-order chi connectivity index (χ0) is 15.8. The number of hydrogen-bond donors (Lipinski definition) is 2. The lowest BCUT2D eigenvalue weighted by molar-refractivity contribution is -0.140. The lowest BCUT2D eigenvalue weighted by atomic mass is 9.75. The topological polar surface area (TPSA) is 40.5 Å². The molecule has 2 N–H and O–H groups in total. The first-order valence-corrected chi connectivity index (χ1v) is 6.90. The average Bonchev–Trinajstić information content (AvgIpc) is 2.41. The third-order valence-electron chi connectivity index (χ3n) is 4.26. The fraction of sp³-hybridized carbons (Fsp3) is 0.600. The second-order valence-electron chi connectivity index (χ2n) is 5.93. The quantitative estimate of drug-likeness (QED) is 0.816. The van der Waals surface area contributed by atoms with E-state index in [9.17, 15) is 27.8 Å². The van der Waals surface area contributed by atoms with Crippen LogP contribution in [0, 0.1) is 11.7 Å². The van der Waals surface area contributed by atoms with Crippen LogP contribution < -0.4 is 0 Å². The molecule has 0 aromatic heterocycles. The molecule has 6 heteroatoms. The minimum Gasteiger partial charge on any atom is -0.387 e. The molecule has 1 aliphatic carbocycles. The van der Waals surface area contributed by atoms with E-state index in [2.05, 4.69) is 0 Å². The molecule has 0 radical (unpaired) electrons. The molecule has 1 aromatic carbocycles. The molecule has 0 heterocycles. The van der Waals surface area contributed by atoms with E-state index in [1.54, 1.807) is 0 Å². The summed E-state index contributed by atoms with van der Waals surface area (Å²) < 4.78 is 51.3. The van der Waals surface area contributed by atoms with E-state index in [-0.39, 0.29) is 5.56 Å². The average molecular weight is 306 g/mol. The molecule has 1 aromatic rings. The van der Waals surface area contributed by atoms with E-state index in [1.165, 1.54) is 0 Å². The van der Waals surface area contributed by atoms with Gasteiger partial charge >= 0.3 is 6.18 Å². The molecule has 0 saturated heterocycles. The van der Waals surface area contributed by atoms with Gasteiger partial charge < -0.3 is 10.2 Å². The largest absolute Gasteiger partial charge is 0.419 e. The summed E-state index contributed by atoms with van der Waals surface area (Å²) in [5.74, 6) is -0.973. The van der Waals surface area contributed by atoms with Crippen molar-refractivity contribution in [1.82, 2.24) is 0 Å². The Balaban J connectivity index is 2.29. The minimum atomic E-state index is -4.83. The maximum absolute atomic E-state index is 13.3. The van der Waals surface area contributed by atoms with Crippen molar-refractivity contribution in [2.24, 2.45) is 5.92 Å². The summed E-state index contributed by atoms with van der Waals surface area (Å²) in [6.07, 6.45) is -4.26. The molecule has 0 aliphatic heterocycles. The molecule has 21 heavy (non-hydrogen) atoms. The minimum absolute atomic E-state index is 0.110. The van der Waals surface area contributed by atoms with Gasteiger partial charge in [-0.1, -0.05) is 13.0 Å². The number of benzene rings is 1. The predicted molar refractivity (Wildman–Crippen MR) is 68.9 cm³/mol. The first-order chi connectivity index (χ1) is 9.63. The fourth-order valence-electron chi connectivity index (χ4n) is 2.78. The molecule has 2 rings (SSSR count). The maximum Gasteiger partial charge on any atom is 0.419 e. The number of halogens is 4. The Hall–Kier alpha value is -1.14. The Labute approximate surface area is 120 Å². The van der Waals surface area contributed by atoms with E-state index in [0.717, 1.165) is 6.07 Å². The normalized spacial score (nSPS) is 28.4. The number of aliphatic hydroxyl groups is 2. The first kappa shape index (κ1) is 16.2. The van der Waals surface area contributed by atoms with Crippen LogP contribution in [-0.2, 0) is 6.18 Å². The van der Waals surface area contributed by atoms with Gasteiger partial charge in [0, 0.05) is 0 Å². The van der Waals surface area contributed by atoms with Crippen molar-refractivity contribution in [3.8, 4) is 0 Å². The van der Waals surface area contributed by atoms with Gasteiger partial charge in [0.05, 0.1) is 11.2 Å². The van der Waals surface area contributed by atoms with Gasteiger partial charge in [0.15, 0.2) is 0 Å². The van der Waals surface area contributed by atoms with E-state index >= 15 is 0 Å². The smallest absolute Gasteiger partial charge is 0.387 e. The van der Waals surface area contributed by atoms with Gasteiger partial charge in [-0.15, -0.1) is 0 Å². The van der Waals surface area contributed by atoms with Crippen LogP contribution in [0.25, 0.3) is 0 Å². The third kappa shape index (κ3) is 3.37. The first-order valence-electron chi connectivity index (χ1n) is 6.90. The second-order valence-corrected chi connectivity index (χ2v) is 5.93. The van der Waals surface area contributed by atoms with Crippen molar-refractivity contribution in [1.29, 1.82) is 0 Å². The van der Waals surface area contributed by atoms with Crippen LogP contribution in [0.5, 0.6) is 0 Å². The van der Waals surface area contributed by atoms with Gasteiger partial charge in [0.1, 0.15) is 11.9 Å². The van der Waals surface area contributed by atoms with E-state index in [1.807, 2.05) is 6.92 Å². The lowest BCUT2D eigenvalue weighted by Crippen LogP contribution is -2.40. The highest BCUT2D eigenvalue weighted by molar-refractivity contribution is 5.30. The maximum atomic E-state index is 13.3. The number of hydrogen-bond acceptors (Lipinski definition) is 2. The van der Waals surface area contributed by atoms with Crippen LogP contribution in [0.3, 0.4) is 0 Å². The predicted octanol–water partition coefficient (Wildman–Crippen LogP) is 3.82. The van der Waals surface area contributed by atoms with Crippen molar-refractivity contribution in [3.05, 3.63) is 35.1 Å². The molecule has 0 amide bonds. The summed E-state index contributed by atoms with van der Waals surface area (Å²) in [7, 11) is 0. The standard InChI is InChI=1S/C15H18F4O2/c1-9-4-6-14(21,7-5-9)13(20)10-2-3-12(16)11(8-10)15(17,18)19/h2-3,8-9,13,20-21H,4-7H2,1H3. The monoisotopic (exact) mass is 306 g/mol. The molecule has 118 valence electrons. The van der Waals surface area contributed by atoms with Crippen molar-refractivity contribution < 1.29 is 27.8 Å². The second kappa shape index (κ2) is 5.57. The Bertz CT molecular complexity index is 505. The zero-order valence-corrected chi connectivity index (χ0v) is 11.6. The summed E-state index contributed by atoms with van der Waals surface area (Å²) in [6, 6.07) is 2.34. The number of aliphatic hydroxyl groups excluding tert-OH is 1. The van der Waals surface area contributed by atoms with Crippen LogP contribution in [-0.4, -0.2) is 15.8 Å². The van der Waals surface area contributed by atoms with Crippen molar-refractivity contribution >= 4 is 0 Å².